The zero-order valence-corrected chi connectivity index (χ0v) is 15.3. The summed E-state index contributed by atoms with van der Waals surface area (Å²) in [6.45, 7) is 0.635. The number of carbonyl (C=O) groups is 2. The van der Waals surface area contributed by atoms with E-state index in [1.165, 1.54) is 0 Å². The van der Waals surface area contributed by atoms with Crippen LogP contribution in [0.25, 0.3) is 0 Å². The third-order valence-corrected chi connectivity index (χ3v) is 7.47. The first kappa shape index (κ1) is 16.0. The number of hydrogen-bond donors (Lipinski definition) is 1. The molecule has 140 valence electrons. The lowest BCUT2D eigenvalue weighted by atomic mass is 9.37. The summed E-state index contributed by atoms with van der Waals surface area (Å²) < 4.78 is 0. The van der Waals surface area contributed by atoms with Crippen molar-refractivity contribution >= 4 is 11.8 Å². The average molecular weight is 372 g/mol. The summed E-state index contributed by atoms with van der Waals surface area (Å²) in [7, 11) is 0. The van der Waals surface area contributed by atoms with Crippen molar-refractivity contribution in [3.8, 4) is 0 Å². The maximum atomic E-state index is 13.2. The highest BCUT2D eigenvalue weighted by molar-refractivity contribution is 5.99. The van der Waals surface area contributed by atoms with E-state index in [0.29, 0.717) is 18.0 Å². The van der Waals surface area contributed by atoms with E-state index < -0.39 is 0 Å². The lowest BCUT2D eigenvalue weighted by molar-refractivity contribution is -0.196. The topological polar surface area (TPSA) is 75.2 Å². The van der Waals surface area contributed by atoms with Crippen molar-refractivity contribution < 1.29 is 9.59 Å². The second-order valence-electron chi connectivity index (χ2n) is 8.40. The fraction of sp³-hybridized carbons (Fsp3) is 0.364. The molecular weight excluding hydrogens is 352 g/mol. The van der Waals surface area contributed by atoms with Gasteiger partial charge in [-0.2, -0.15) is 0 Å². The van der Waals surface area contributed by atoms with Crippen LogP contribution < -0.4 is 5.32 Å². The fourth-order valence-electron chi connectivity index (χ4n) is 6.18. The van der Waals surface area contributed by atoms with Gasteiger partial charge in [-0.25, -0.2) is 0 Å². The Morgan fingerprint density at radius 3 is 2.89 bits per heavy atom. The molecule has 3 heterocycles. The molecule has 6 heteroatoms. The second kappa shape index (κ2) is 5.28. The molecule has 2 aromatic rings. The van der Waals surface area contributed by atoms with E-state index in [2.05, 4.69) is 32.3 Å². The van der Waals surface area contributed by atoms with E-state index in [1.54, 1.807) is 36.9 Å². The monoisotopic (exact) mass is 372 g/mol. The third kappa shape index (κ3) is 1.74. The Hall–Kier alpha value is -3.02. The van der Waals surface area contributed by atoms with E-state index in [0.717, 1.165) is 30.4 Å². The van der Waals surface area contributed by atoms with Crippen LogP contribution in [-0.4, -0.2) is 38.3 Å². The molecule has 6 rings (SSSR count). The molecular formula is C22H20N4O2. The summed E-state index contributed by atoms with van der Waals surface area (Å²) in [4.78, 5) is 36.1. The maximum absolute atomic E-state index is 13.2. The number of rotatable bonds is 3. The molecule has 28 heavy (non-hydrogen) atoms. The molecule has 2 aromatic heterocycles. The molecule has 3 aliphatic carbocycles. The van der Waals surface area contributed by atoms with Crippen LogP contribution in [-0.2, 0) is 6.54 Å². The zero-order chi connectivity index (χ0) is 18.9. The van der Waals surface area contributed by atoms with Crippen LogP contribution in [0, 0.1) is 11.3 Å². The number of amides is 2. The van der Waals surface area contributed by atoms with Crippen molar-refractivity contribution in [2.75, 3.05) is 0 Å². The van der Waals surface area contributed by atoms with Crippen molar-refractivity contribution in [1.82, 2.24) is 20.2 Å². The van der Waals surface area contributed by atoms with Gasteiger partial charge in [0.15, 0.2) is 0 Å². The second-order valence-corrected chi connectivity index (χ2v) is 8.40. The minimum Gasteiger partial charge on any atom is -0.348 e. The molecule has 1 aliphatic heterocycles. The predicted octanol–water partition coefficient (Wildman–Crippen LogP) is 2.34. The van der Waals surface area contributed by atoms with Crippen molar-refractivity contribution in [1.29, 1.82) is 0 Å². The number of fused-ring (bicyclic) bond motifs is 1. The van der Waals surface area contributed by atoms with Gasteiger partial charge in [0.05, 0.1) is 16.7 Å². The number of nitrogens with zero attached hydrogens (tertiary/aromatic N) is 3. The van der Waals surface area contributed by atoms with Crippen LogP contribution in [0.1, 0.15) is 45.5 Å². The molecule has 0 aromatic carbocycles. The molecule has 2 amide bonds. The molecule has 0 saturated heterocycles. The highest BCUT2D eigenvalue weighted by atomic mass is 16.2. The van der Waals surface area contributed by atoms with E-state index in [-0.39, 0.29) is 28.8 Å². The Morgan fingerprint density at radius 1 is 1.21 bits per heavy atom. The van der Waals surface area contributed by atoms with Crippen LogP contribution in [0.15, 0.2) is 55.1 Å². The summed E-state index contributed by atoms with van der Waals surface area (Å²) in [5.74, 6) is 0.515. The highest BCUT2D eigenvalue weighted by Gasteiger charge is 2.77. The molecule has 6 nitrogen and oxygen atoms in total. The van der Waals surface area contributed by atoms with Crippen LogP contribution in [0.4, 0.5) is 0 Å². The molecule has 0 bridgehead atoms. The van der Waals surface area contributed by atoms with Gasteiger partial charge in [0, 0.05) is 42.8 Å². The minimum absolute atomic E-state index is 0.0485. The molecule has 2 saturated carbocycles. The summed E-state index contributed by atoms with van der Waals surface area (Å²) in [6, 6.07) is 5.54. The fourth-order valence-corrected chi connectivity index (χ4v) is 6.18. The van der Waals surface area contributed by atoms with Crippen LogP contribution in [0.5, 0.6) is 0 Å². The Morgan fingerprint density at radius 2 is 2.11 bits per heavy atom. The highest BCUT2D eigenvalue weighted by Crippen LogP contribution is 2.73. The minimum atomic E-state index is -0.223. The number of pyridine rings is 2. The van der Waals surface area contributed by atoms with Gasteiger partial charge in [-0.05, 0) is 48.9 Å². The Labute approximate surface area is 162 Å². The van der Waals surface area contributed by atoms with E-state index in [1.807, 2.05) is 6.07 Å². The van der Waals surface area contributed by atoms with Gasteiger partial charge in [-0.15, -0.1) is 0 Å². The number of hydrogen-bond acceptors (Lipinski definition) is 4. The van der Waals surface area contributed by atoms with Gasteiger partial charge in [0.25, 0.3) is 11.8 Å². The Kier molecular flexibility index (Phi) is 3.01. The first-order valence-corrected chi connectivity index (χ1v) is 9.79. The number of aromatic nitrogens is 2. The van der Waals surface area contributed by atoms with Gasteiger partial charge in [-0.3, -0.25) is 19.6 Å². The van der Waals surface area contributed by atoms with Crippen molar-refractivity contribution in [2.45, 2.75) is 37.4 Å². The van der Waals surface area contributed by atoms with E-state index in [9.17, 15) is 9.59 Å². The van der Waals surface area contributed by atoms with Crippen LogP contribution >= 0.6 is 0 Å². The Balaban J connectivity index is 1.30. The molecule has 1 spiro atoms. The van der Waals surface area contributed by atoms with Crippen LogP contribution in [0.2, 0.25) is 0 Å². The van der Waals surface area contributed by atoms with Gasteiger partial charge in [0.1, 0.15) is 0 Å². The summed E-state index contributed by atoms with van der Waals surface area (Å²) in [5, 5.41) is 3.23. The summed E-state index contributed by atoms with van der Waals surface area (Å²) >= 11 is 0. The standard InChI is InChI=1S/C22H20N4O2/c27-19(14-3-1-7-23-11-14)25-18-9-16-10-21(5-2-6-22(16,18)21)26-13-15-4-8-24-12-17(15)20(26)28/h1-4,6-8,11-12,16,18H,5,9-10,13H2,(H,25,27). The summed E-state index contributed by atoms with van der Waals surface area (Å²) in [5.41, 5.74) is 1.98. The number of carbonyl (C=O) groups excluding carboxylic acids is 2. The lowest BCUT2D eigenvalue weighted by Crippen LogP contribution is -2.81. The first-order valence-electron chi connectivity index (χ1n) is 9.79. The van der Waals surface area contributed by atoms with Gasteiger partial charge >= 0.3 is 0 Å². The lowest BCUT2D eigenvalue weighted by Gasteiger charge is -2.73. The van der Waals surface area contributed by atoms with Gasteiger partial charge in [0.2, 0.25) is 0 Å². The molecule has 4 unspecified atom stereocenters. The normalized spacial score (nSPS) is 34.1. The molecule has 4 aliphatic rings. The van der Waals surface area contributed by atoms with Crippen molar-refractivity contribution in [3.63, 3.8) is 0 Å². The van der Waals surface area contributed by atoms with Gasteiger partial charge in [-0.1, -0.05) is 12.2 Å². The SMILES string of the molecule is O=C(NC1CC2CC3(N4Cc5ccncc5C4=O)CC=CC213)c1cccnc1. The molecule has 0 radical (unpaired) electrons. The largest absolute Gasteiger partial charge is 0.348 e. The predicted molar refractivity (Wildman–Crippen MR) is 101 cm³/mol. The first-order chi connectivity index (χ1) is 13.7. The smallest absolute Gasteiger partial charge is 0.256 e. The quantitative estimate of drug-likeness (QED) is 0.839. The maximum Gasteiger partial charge on any atom is 0.256 e. The van der Waals surface area contributed by atoms with Gasteiger partial charge < -0.3 is 10.2 Å². The third-order valence-electron chi connectivity index (χ3n) is 7.47. The molecule has 4 atom stereocenters. The molecule has 2 fully saturated rings. The van der Waals surface area contributed by atoms with Crippen molar-refractivity contribution in [3.05, 3.63) is 71.8 Å². The molecule has 1 N–H and O–H groups in total. The van der Waals surface area contributed by atoms with Crippen molar-refractivity contribution in [2.24, 2.45) is 11.3 Å². The van der Waals surface area contributed by atoms with E-state index >= 15 is 0 Å². The van der Waals surface area contributed by atoms with Crippen LogP contribution in [0.3, 0.4) is 0 Å². The Bertz CT molecular complexity index is 1040. The number of nitrogens with one attached hydrogen (secondary N) is 1. The average Bonchev–Trinajstić information content (AvgIpc) is 3.25. The summed E-state index contributed by atoms with van der Waals surface area (Å²) in [6.07, 6.45) is 14.0. The zero-order valence-electron chi connectivity index (χ0n) is 15.3. The van der Waals surface area contributed by atoms with E-state index in [4.69, 9.17) is 0 Å².